The minimum atomic E-state index is -0.710. The molecule has 0 spiro atoms. The Bertz CT molecular complexity index is 1280. The molecule has 0 bridgehead atoms. The highest BCUT2D eigenvalue weighted by Gasteiger charge is 2.39. The number of ether oxygens (including phenoxy) is 2. The normalized spacial score (nSPS) is 22.9. The quantitative estimate of drug-likeness (QED) is 0.458. The summed E-state index contributed by atoms with van der Waals surface area (Å²) in [6.45, 7) is 8.83. The minimum absolute atomic E-state index is 0.0492. The maximum Gasteiger partial charge on any atom is 0.320 e. The van der Waals surface area contributed by atoms with Crippen molar-refractivity contribution in [2.75, 3.05) is 38.7 Å². The van der Waals surface area contributed by atoms with Crippen molar-refractivity contribution in [3.8, 4) is 11.6 Å². The Morgan fingerprint density at radius 3 is 2.68 bits per heavy atom. The van der Waals surface area contributed by atoms with Crippen LogP contribution < -0.4 is 15.4 Å². The minimum Gasteiger partial charge on any atom is -0.474 e. The molecule has 1 fully saturated rings. The number of aliphatic hydroxyl groups excluding tert-OH is 1. The number of aliphatic hydroxyl groups is 1. The molecule has 0 saturated carbocycles. The lowest BCUT2D eigenvalue weighted by atomic mass is 9.70. The summed E-state index contributed by atoms with van der Waals surface area (Å²) in [4.78, 5) is 15.6. The van der Waals surface area contributed by atoms with Crippen molar-refractivity contribution >= 4 is 11.8 Å². The molecular formula is C29H37N5O4. The number of nitrogens with one attached hydrogen (secondary N) is 2. The number of hydrogen-bond acceptors (Lipinski definition) is 6. The Morgan fingerprint density at radius 1 is 1.18 bits per heavy atom. The Balaban J connectivity index is 1.38. The number of aromatic nitrogens is 2. The molecule has 5 rings (SSSR count). The van der Waals surface area contributed by atoms with Gasteiger partial charge in [-0.2, -0.15) is 0 Å². The molecular weight excluding hydrogens is 482 g/mol. The van der Waals surface area contributed by atoms with Crippen molar-refractivity contribution in [3.63, 3.8) is 0 Å². The van der Waals surface area contributed by atoms with E-state index in [2.05, 4.69) is 47.6 Å². The van der Waals surface area contributed by atoms with Gasteiger partial charge in [0.05, 0.1) is 30.0 Å². The maximum atomic E-state index is 13.3. The van der Waals surface area contributed by atoms with E-state index in [1.165, 1.54) is 0 Å². The molecule has 1 saturated heterocycles. The number of urea groups is 1. The standard InChI is InChI=1S/C29H37N5O4/c1-19-26(31-28(36)30-25-22-12-8-9-13-23(22)29(2,3)16-24(25)35)34(20-10-6-5-7-11-20)32-27(19)38-18-21-17-33(4)14-15-37-21/h5-13,21,24-25,35H,14-18H2,1-4H3,(H2,30,31,36)/t21?,24-,25-/m1/s1. The van der Waals surface area contributed by atoms with Gasteiger partial charge in [-0.1, -0.05) is 56.3 Å². The lowest BCUT2D eigenvalue weighted by Crippen LogP contribution is -2.45. The van der Waals surface area contributed by atoms with Gasteiger partial charge in [0.15, 0.2) is 0 Å². The van der Waals surface area contributed by atoms with E-state index in [9.17, 15) is 9.90 Å². The first kappa shape index (κ1) is 26.2. The average Bonchev–Trinajstić information content (AvgIpc) is 3.20. The summed E-state index contributed by atoms with van der Waals surface area (Å²) < 4.78 is 13.6. The molecule has 3 aromatic rings. The van der Waals surface area contributed by atoms with Crippen molar-refractivity contribution in [1.29, 1.82) is 0 Å². The molecule has 202 valence electrons. The lowest BCUT2D eigenvalue weighted by Gasteiger charge is -2.40. The fraction of sp³-hybridized carbons (Fsp3) is 0.448. The van der Waals surface area contributed by atoms with Gasteiger partial charge in [0.1, 0.15) is 18.5 Å². The summed E-state index contributed by atoms with van der Waals surface area (Å²) in [5.41, 5.74) is 3.38. The molecule has 3 atom stereocenters. The van der Waals surface area contributed by atoms with Crippen molar-refractivity contribution in [2.24, 2.45) is 0 Å². The molecule has 0 radical (unpaired) electrons. The topological polar surface area (TPSA) is 101 Å². The summed E-state index contributed by atoms with van der Waals surface area (Å²) in [7, 11) is 2.06. The van der Waals surface area contributed by atoms with Gasteiger partial charge < -0.3 is 24.8 Å². The summed E-state index contributed by atoms with van der Waals surface area (Å²) in [5, 5.41) is 21.7. The van der Waals surface area contributed by atoms with E-state index in [-0.39, 0.29) is 11.5 Å². The first-order valence-electron chi connectivity index (χ1n) is 13.2. The predicted octanol–water partition coefficient (Wildman–Crippen LogP) is 3.80. The van der Waals surface area contributed by atoms with Crippen LogP contribution >= 0.6 is 0 Å². The third kappa shape index (κ3) is 5.41. The van der Waals surface area contributed by atoms with Crippen LogP contribution in [0.3, 0.4) is 0 Å². The molecule has 2 aromatic carbocycles. The van der Waals surface area contributed by atoms with E-state index in [0.29, 0.717) is 36.9 Å². The number of fused-ring (bicyclic) bond motifs is 1. The fourth-order valence-electron chi connectivity index (χ4n) is 5.46. The molecule has 2 heterocycles. The number of benzene rings is 2. The summed E-state index contributed by atoms with van der Waals surface area (Å²) in [5.74, 6) is 0.940. The highest BCUT2D eigenvalue weighted by molar-refractivity contribution is 5.90. The lowest BCUT2D eigenvalue weighted by molar-refractivity contribution is -0.0411. The number of carbonyl (C=O) groups excluding carboxylic acids is 1. The van der Waals surface area contributed by atoms with Gasteiger partial charge in [-0.3, -0.25) is 5.32 Å². The highest BCUT2D eigenvalue weighted by atomic mass is 16.5. The number of nitrogens with zero attached hydrogens (tertiary/aromatic N) is 3. The van der Waals surface area contributed by atoms with Gasteiger partial charge in [0.25, 0.3) is 0 Å². The van der Waals surface area contributed by atoms with Crippen molar-refractivity contribution in [2.45, 2.75) is 50.9 Å². The van der Waals surface area contributed by atoms with Gasteiger partial charge in [-0.05, 0) is 49.1 Å². The first-order chi connectivity index (χ1) is 18.2. The van der Waals surface area contributed by atoms with Crippen LogP contribution in [-0.2, 0) is 10.2 Å². The third-order valence-electron chi connectivity index (χ3n) is 7.47. The highest BCUT2D eigenvalue weighted by Crippen LogP contribution is 2.41. The van der Waals surface area contributed by atoms with Gasteiger partial charge in [0, 0.05) is 13.1 Å². The Labute approximate surface area is 223 Å². The van der Waals surface area contributed by atoms with Gasteiger partial charge in [-0.15, -0.1) is 5.10 Å². The number of rotatable bonds is 6. The van der Waals surface area contributed by atoms with Crippen LogP contribution in [0, 0.1) is 6.92 Å². The number of morpholine rings is 1. The van der Waals surface area contributed by atoms with Crippen LogP contribution in [-0.4, -0.2) is 71.4 Å². The van der Waals surface area contributed by atoms with E-state index in [4.69, 9.17) is 9.47 Å². The van der Waals surface area contributed by atoms with Crippen molar-refractivity contribution in [1.82, 2.24) is 20.0 Å². The number of carbonyl (C=O) groups is 1. The number of likely N-dealkylation sites (N-methyl/N-ethyl adjacent to an activating group) is 1. The number of anilines is 1. The Kier molecular flexibility index (Phi) is 7.43. The van der Waals surface area contributed by atoms with E-state index in [0.717, 1.165) is 29.9 Å². The number of hydrogen-bond donors (Lipinski definition) is 3. The number of amides is 2. The fourth-order valence-corrected chi connectivity index (χ4v) is 5.46. The summed E-state index contributed by atoms with van der Waals surface area (Å²) in [6.07, 6.45) is -0.211. The molecule has 1 unspecified atom stereocenters. The zero-order valence-electron chi connectivity index (χ0n) is 22.5. The predicted molar refractivity (Wildman–Crippen MR) is 146 cm³/mol. The summed E-state index contributed by atoms with van der Waals surface area (Å²) >= 11 is 0. The largest absolute Gasteiger partial charge is 0.474 e. The molecule has 38 heavy (non-hydrogen) atoms. The van der Waals surface area contributed by atoms with Crippen LogP contribution in [0.1, 0.15) is 43.0 Å². The second-order valence-corrected chi connectivity index (χ2v) is 10.9. The van der Waals surface area contributed by atoms with Crippen LogP contribution in [0.15, 0.2) is 54.6 Å². The SMILES string of the molecule is Cc1c(OCC2CN(C)CCO2)nn(-c2ccccc2)c1NC(=O)N[C@@H]1c2ccccc2C(C)(C)C[C@H]1O. The van der Waals surface area contributed by atoms with E-state index in [1.807, 2.05) is 55.5 Å². The van der Waals surface area contributed by atoms with Crippen LogP contribution in [0.25, 0.3) is 5.69 Å². The van der Waals surface area contributed by atoms with Crippen LogP contribution in [0.5, 0.6) is 5.88 Å². The van der Waals surface area contributed by atoms with Gasteiger partial charge in [-0.25, -0.2) is 9.48 Å². The van der Waals surface area contributed by atoms with E-state index in [1.54, 1.807) is 4.68 Å². The zero-order chi connectivity index (χ0) is 26.9. The second-order valence-electron chi connectivity index (χ2n) is 10.9. The van der Waals surface area contributed by atoms with Crippen molar-refractivity contribution in [3.05, 3.63) is 71.3 Å². The first-order valence-corrected chi connectivity index (χ1v) is 13.2. The smallest absolute Gasteiger partial charge is 0.320 e. The average molecular weight is 520 g/mol. The van der Waals surface area contributed by atoms with Crippen LogP contribution in [0.2, 0.25) is 0 Å². The van der Waals surface area contributed by atoms with E-state index >= 15 is 0 Å². The number of para-hydroxylation sites is 1. The van der Waals surface area contributed by atoms with E-state index < -0.39 is 18.2 Å². The Hall–Kier alpha value is -3.40. The molecule has 1 aliphatic carbocycles. The molecule has 1 aromatic heterocycles. The Morgan fingerprint density at radius 2 is 1.92 bits per heavy atom. The van der Waals surface area contributed by atoms with Gasteiger partial charge in [0.2, 0.25) is 5.88 Å². The maximum absolute atomic E-state index is 13.3. The zero-order valence-corrected chi connectivity index (χ0v) is 22.5. The second kappa shape index (κ2) is 10.8. The van der Waals surface area contributed by atoms with Gasteiger partial charge >= 0.3 is 6.03 Å². The molecule has 9 heteroatoms. The molecule has 1 aliphatic heterocycles. The third-order valence-corrected chi connectivity index (χ3v) is 7.47. The summed E-state index contributed by atoms with van der Waals surface area (Å²) in [6, 6.07) is 16.6. The van der Waals surface area contributed by atoms with Crippen LogP contribution in [0.4, 0.5) is 10.6 Å². The molecule has 2 amide bonds. The monoisotopic (exact) mass is 519 g/mol. The molecule has 9 nitrogen and oxygen atoms in total. The molecule has 3 N–H and O–H groups in total. The van der Waals surface area contributed by atoms with Crippen molar-refractivity contribution < 1.29 is 19.4 Å². The molecule has 2 aliphatic rings.